The summed E-state index contributed by atoms with van der Waals surface area (Å²) in [6, 6.07) is 0. The van der Waals surface area contributed by atoms with Crippen LogP contribution in [0, 0.1) is 49.4 Å². The fourth-order valence-corrected chi connectivity index (χ4v) is 0. The van der Waals surface area contributed by atoms with Gasteiger partial charge < -0.3 is 54.0 Å². The summed E-state index contributed by atoms with van der Waals surface area (Å²) in [5.74, 6) is 0. The maximum atomic E-state index is 0. The molecule has 0 aromatic heterocycles. The van der Waals surface area contributed by atoms with Crippen LogP contribution in [-0.2, 0) is 54.0 Å². The Balaban J connectivity index is 0. The second kappa shape index (κ2) is 48.5. The van der Waals surface area contributed by atoms with E-state index < -0.39 is 0 Å². The summed E-state index contributed by atoms with van der Waals surface area (Å²) in [6.07, 6.45) is 0. The van der Waals surface area contributed by atoms with Crippen LogP contribution in [0.3, 0.4) is 0 Å². The van der Waals surface area contributed by atoms with Gasteiger partial charge in [0.2, 0.25) is 0 Å². The van der Waals surface area contributed by atoms with Gasteiger partial charge in [0.1, 0.15) is 0 Å². The van der Waals surface area contributed by atoms with Crippen LogP contribution in [0.2, 0.25) is 0 Å². The molecule has 0 fully saturated rings. The van der Waals surface area contributed by atoms with Gasteiger partial charge >= 0.3 is 39.6 Å². The van der Waals surface area contributed by atoms with Gasteiger partial charge in [0.05, 0.1) is 0 Å². The maximum absolute atomic E-state index is 0. The standard InChI is InChI=1S/Eu.2Ga.4S/q;2*+3;4*-2. The molecule has 0 atom stereocenters. The Kier molecular flexibility index (Phi) is 453. The summed E-state index contributed by atoms with van der Waals surface area (Å²) in [7, 11) is 0. The van der Waals surface area contributed by atoms with Crippen molar-refractivity contribution < 1.29 is 49.4 Å². The van der Waals surface area contributed by atoms with E-state index in [-0.39, 0.29) is 143 Å². The van der Waals surface area contributed by atoms with Gasteiger partial charge in [0.25, 0.3) is 0 Å². The molecule has 0 N–H and O–H groups in total. The fraction of sp³-hybridized carbons (Fsp3) is 0. The Morgan fingerprint density at radius 2 is 0.429 bits per heavy atom. The van der Waals surface area contributed by atoms with Crippen molar-refractivity contribution in [1.82, 2.24) is 0 Å². The Bertz CT molecular complexity index is 9.65. The minimum atomic E-state index is 0. The van der Waals surface area contributed by atoms with Crippen molar-refractivity contribution in [2.24, 2.45) is 0 Å². The third-order valence-electron chi connectivity index (χ3n) is 0. The van der Waals surface area contributed by atoms with E-state index in [1.165, 1.54) is 0 Å². The molecule has 0 amide bonds. The topological polar surface area (TPSA) is 0 Å². The summed E-state index contributed by atoms with van der Waals surface area (Å²) < 4.78 is 0. The molecular formula is EuGa2S4-2. The first-order chi connectivity index (χ1) is 0. The quantitative estimate of drug-likeness (QED) is 0.453. The molecule has 0 aliphatic carbocycles. The van der Waals surface area contributed by atoms with Gasteiger partial charge in [-0.25, -0.2) is 0 Å². The van der Waals surface area contributed by atoms with Crippen molar-refractivity contribution in [3.05, 3.63) is 0 Å². The van der Waals surface area contributed by atoms with Crippen LogP contribution < -0.4 is 0 Å². The third-order valence-corrected chi connectivity index (χ3v) is 0. The van der Waals surface area contributed by atoms with E-state index in [1.807, 2.05) is 0 Å². The molecule has 0 aromatic carbocycles. The number of hydrogen-bond donors (Lipinski definition) is 0. The van der Waals surface area contributed by atoms with Gasteiger partial charge in [0, 0.05) is 49.4 Å². The first-order valence-electron chi connectivity index (χ1n) is 0. The van der Waals surface area contributed by atoms with E-state index in [0.717, 1.165) is 0 Å². The van der Waals surface area contributed by atoms with Gasteiger partial charge in [-0.2, -0.15) is 0 Å². The molecule has 0 aliphatic heterocycles. The van der Waals surface area contributed by atoms with E-state index in [0.29, 0.717) is 0 Å². The van der Waals surface area contributed by atoms with Crippen molar-refractivity contribution in [1.29, 1.82) is 0 Å². The van der Waals surface area contributed by atoms with E-state index in [1.54, 1.807) is 0 Å². The van der Waals surface area contributed by atoms with Crippen molar-refractivity contribution in [3.63, 3.8) is 0 Å². The van der Waals surface area contributed by atoms with Gasteiger partial charge in [-0.1, -0.05) is 0 Å². The molecule has 0 saturated heterocycles. The van der Waals surface area contributed by atoms with Gasteiger partial charge in [-0.05, 0) is 0 Å². The first kappa shape index (κ1) is 65.3. The summed E-state index contributed by atoms with van der Waals surface area (Å²) in [5, 5.41) is 0. The normalized spacial score (nSPS) is 0. The van der Waals surface area contributed by atoms with Crippen LogP contribution in [0.25, 0.3) is 0 Å². The third kappa shape index (κ3) is 38.6. The molecule has 7 heteroatoms. The molecule has 7 heavy (non-hydrogen) atoms. The summed E-state index contributed by atoms with van der Waals surface area (Å²) in [4.78, 5) is 0. The smallest absolute Gasteiger partial charge is 2.00 e. The Morgan fingerprint density at radius 1 is 0.429 bits per heavy atom. The maximum Gasteiger partial charge on any atom is 3.00 e. The molecule has 0 bridgehead atoms. The van der Waals surface area contributed by atoms with E-state index in [9.17, 15) is 0 Å². The second-order valence-electron chi connectivity index (χ2n) is 0. The van der Waals surface area contributed by atoms with E-state index in [4.69, 9.17) is 0 Å². The predicted molar refractivity (Wildman–Crippen MR) is 41.0 cm³/mol. The van der Waals surface area contributed by atoms with Crippen molar-refractivity contribution in [2.75, 3.05) is 0 Å². The van der Waals surface area contributed by atoms with Gasteiger partial charge in [-0.15, -0.1) is 0 Å². The summed E-state index contributed by atoms with van der Waals surface area (Å²) in [6.45, 7) is 0. The average molecular weight is 420 g/mol. The molecular weight excluding hydrogens is 420 g/mol. The molecule has 0 aliphatic rings. The largest absolute Gasteiger partial charge is 3.00 e. The Morgan fingerprint density at radius 3 is 0.429 bits per heavy atom. The number of hydrogen-bond acceptors (Lipinski definition) is 0. The van der Waals surface area contributed by atoms with E-state index >= 15 is 0 Å². The minimum absolute atomic E-state index is 0. The van der Waals surface area contributed by atoms with Crippen LogP contribution in [0.5, 0.6) is 0 Å². The van der Waals surface area contributed by atoms with Crippen molar-refractivity contribution in [3.8, 4) is 0 Å². The molecule has 0 rings (SSSR count). The zero-order chi connectivity index (χ0) is 0. The zero-order valence-electron chi connectivity index (χ0n) is 3.17. The summed E-state index contributed by atoms with van der Waals surface area (Å²) >= 11 is 0. The van der Waals surface area contributed by atoms with Crippen molar-refractivity contribution >= 4 is 93.6 Å². The molecule has 0 nitrogen and oxygen atoms in total. The van der Waals surface area contributed by atoms with Gasteiger partial charge in [0.15, 0.2) is 0 Å². The monoisotopic (exact) mass is 419 g/mol. The number of rotatable bonds is 0. The van der Waals surface area contributed by atoms with Crippen LogP contribution in [0.4, 0.5) is 0 Å². The zero-order valence-corrected chi connectivity index (χ0v) is 13.7. The molecule has 0 heterocycles. The molecule has 1 radical (unpaired) electrons. The Labute approximate surface area is 140 Å². The molecule has 0 unspecified atom stereocenters. The molecule has 39 valence electrons. The minimum Gasteiger partial charge on any atom is -2.00 e. The van der Waals surface area contributed by atoms with Crippen LogP contribution in [-0.4, -0.2) is 39.6 Å². The summed E-state index contributed by atoms with van der Waals surface area (Å²) in [5.41, 5.74) is 0. The SMILES string of the molecule is [Eu].[Ga+3].[Ga+3].[S-2].[S-2].[S-2].[S-2]. The fourth-order valence-electron chi connectivity index (χ4n) is 0. The first-order valence-corrected chi connectivity index (χ1v) is 0. The molecule has 0 spiro atoms. The van der Waals surface area contributed by atoms with Crippen LogP contribution in [0.1, 0.15) is 0 Å². The average Bonchev–Trinajstić information content (AvgIpc) is 0. The Hall–Kier alpha value is 4.26. The second-order valence-corrected chi connectivity index (χ2v) is 0. The van der Waals surface area contributed by atoms with Crippen LogP contribution >= 0.6 is 0 Å². The van der Waals surface area contributed by atoms with Crippen LogP contribution in [0.15, 0.2) is 0 Å². The van der Waals surface area contributed by atoms with E-state index in [2.05, 4.69) is 0 Å². The molecule has 0 saturated carbocycles. The molecule has 0 aromatic rings. The predicted octanol–water partition coefficient (Wildman–Crippen LogP) is -0.771. The van der Waals surface area contributed by atoms with Crippen molar-refractivity contribution in [2.45, 2.75) is 0 Å². The van der Waals surface area contributed by atoms with Gasteiger partial charge in [-0.3, -0.25) is 0 Å².